The summed E-state index contributed by atoms with van der Waals surface area (Å²) in [5.41, 5.74) is 15.3. The summed E-state index contributed by atoms with van der Waals surface area (Å²) in [5.74, 6) is 0.657. The molecule has 0 atom stereocenters. The van der Waals surface area contributed by atoms with Gasteiger partial charge in [0, 0.05) is 40.2 Å². The van der Waals surface area contributed by atoms with E-state index in [-0.39, 0.29) is 0 Å². The summed E-state index contributed by atoms with van der Waals surface area (Å²) in [7, 11) is 0. The minimum atomic E-state index is 0.657. The van der Waals surface area contributed by atoms with E-state index in [0.717, 1.165) is 83.7 Å². The molecule has 0 aliphatic rings. The Morgan fingerprint density at radius 3 is 1.06 bits per heavy atom. The van der Waals surface area contributed by atoms with Crippen LogP contribution in [0, 0.1) is 0 Å². The van der Waals surface area contributed by atoms with Gasteiger partial charge in [0.15, 0.2) is 5.82 Å². The van der Waals surface area contributed by atoms with Crippen LogP contribution < -0.4 is 0 Å². The van der Waals surface area contributed by atoms with E-state index in [9.17, 15) is 0 Å². The molecule has 0 saturated carbocycles. The summed E-state index contributed by atoms with van der Waals surface area (Å²) in [6, 6.07) is 65.8. The van der Waals surface area contributed by atoms with Gasteiger partial charge in [-0.2, -0.15) is 0 Å². The van der Waals surface area contributed by atoms with E-state index >= 15 is 0 Å². The third-order valence-electron chi connectivity index (χ3n) is 9.67. The predicted molar refractivity (Wildman–Crippen MR) is 221 cm³/mol. The molecule has 0 fully saturated rings. The van der Waals surface area contributed by atoms with Crippen LogP contribution in [0.3, 0.4) is 0 Å². The third-order valence-corrected chi connectivity index (χ3v) is 9.67. The first-order valence-corrected chi connectivity index (χ1v) is 18.0. The molecule has 0 bridgehead atoms. The van der Waals surface area contributed by atoms with Gasteiger partial charge in [-0.25, -0.2) is 19.9 Å². The lowest BCUT2D eigenvalue weighted by Crippen LogP contribution is -2.01. The Labute approximate surface area is 315 Å². The summed E-state index contributed by atoms with van der Waals surface area (Å²) in [6.07, 6.45) is 5.25. The molecule has 0 amide bonds. The van der Waals surface area contributed by atoms with Crippen LogP contribution in [0.1, 0.15) is 0 Å². The third kappa shape index (κ3) is 6.72. The molecule has 0 aliphatic carbocycles. The van der Waals surface area contributed by atoms with Crippen molar-refractivity contribution in [1.82, 2.24) is 19.9 Å². The average Bonchev–Trinajstić information content (AvgIpc) is 3.27. The van der Waals surface area contributed by atoms with Crippen LogP contribution in [0.5, 0.6) is 0 Å². The van der Waals surface area contributed by atoms with Crippen LogP contribution in [-0.2, 0) is 0 Å². The van der Waals surface area contributed by atoms with E-state index in [1.165, 1.54) is 0 Å². The predicted octanol–water partition coefficient (Wildman–Crippen LogP) is 12.6. The zero-order valence-electron chi connectivity index (χ0n) is 29.4. The summed E-state index contributed by atoms with van der Waals surface area (Å²) in [4.78, 5) is 19.6. The van der Waals surface area contributed by atoms with Gasteiger partial charge in [-0.3, -0.25) is 0 Å². The topological polar surface area (TPSA) is 51.6 Å². The minimum absolute atomic E-state index is 0.657. The van der Waals surface area contributed by atoms with Gasteiger partial charge in [0.25, 0.3) is 0 Å². The molecule has 4 heteroatoms. The van der Waals surface area contributed by atoms with Gasteiger partial charge in [0.2, 0.25) is 0 Å². The first kappa shape index (κ1) is 32.6. The molecule has 0 aliphatic heterocycles. The Morgan fingerprint density at radius 1 is 0.259 bits per heavy atom. The largest absolute Gasteiger partial charge is 0.244 e. The number of rotatable bonds is 8. The van der Waals surface area contributed by atoms with Crippen molar-refractivity contribution in [3.8, 4) is 89.5 Å². The zero-order chi connectivity index (χ0) is 36.1. The highest BCUT2D eigenvalue weighted by Gasteiger charge is 2.22. The minimum Gasteiger partial charge on any atom is -0.244 e. The number of aromatic nitrogens is 4. The van der Waals surface area contributed by atoms with Crippen molar-refractivity contribution in [2.24, 2.45) is 0 Å². The molecule has 0 spiro atoms. The maximum absolute atomic E-state index is 5.49. The second kappa shape index (κ2) is 14.7. The van der Waals surface area contributed by atoms with Gasteiger partial charge < -0.3 is 0 Å². The first-order chi connectivity index (χ1) is 26.8. The van der Waals surface area contributed by atoms with Crippen molar-refractivity contribution >= 4 is 0 Å². The lowest BCUT2D eigenvalue weighted by molar-refractivity contribution is 1.17. The van der Waals surface area contributed by atoms with Crippen LogP contribution in [0.25, 0.3) is 89.5 Å². The second-order valence-corrected chi connectivity index (χ2v) is 13.2. The summed E-state index contributed by atoms with van der Waals surface area (Å²) in [6.45, 7) is 0. The van der Waals surface area contributed by atoms with E-state index in [4.69, 9.17) is 9.97 Å². The fraction of sp³-hybridized carbons (Fsp3) is 0. The van der Waals surface area contributed by atoms with Crippen molar-refractivity contribution in [3.05, 3.63) is 207 Å². The smallest absolute Gasteiger partial charge is 0.160 e. The Bertz CT molecular complexity index is 2590. The van der Waals surface area contributed by atoms with Crippen LogP contribution in [0.15, 0.2) is 207 Å². The Kier molecular flexibility index (Phi) is 8.90. The number of hydrogen-bond donors (Lipinski definition) is 0. The van der Waals surface area contributed by atoms with Crippen LogP contribution >= 0.6 is 0 Å². The molecule has 54 heavy (non-hydrogen) atoms. The van der Waals surface area contributed by atoms with E-state index < -0.39 is 0 Å². The fourth-order valence-electron chi connectivity index (χ4n) is 7.01. The highest BCUT2D eigenvalue weighted by molar-refractivity contribution is 5.94. The molecule has 4 nitrogen and oxygen atoms in total. The molecular weight excluding hydrogens is 657 g/mol. The fourth-order valence-corrected chi connectivity index (χ4v) is 7.01. The summed E-state index contributed by atoms with van der Waals surface area (Å²) in [5, 5.41) is 0. The maximum Gasteiger partial charge on any atom is 0.160 e. The molecule has 7 aromatic carbocycles. The maximum atomic E-state index is 5.49. The van der Waals surface area contributed by atoms with Crippen molar-refractivity contribution in [1.29, 1.82) is 0 Å². The molecule has 2 aromatic heterocycles. The number of nitrogens with zero attached hydrogens (tertiary/aromatic N) is 4. The molecule has 9 aromatic rings. The normalized spacial score (nSPS) is 11.0. The standard InChI is InChI=1S/C50H34N4/c1-4-14-35(15-5-1)38-20-11-25-43(29-38)48-47(42-24-10-23-41(28-42)46-32-51-34-52-33-46)49(44-26-12-21-39(30-44)36-16-6-2-7-17-36)54-50(53-48)45-27-13-22-40(31-45)37-18-8-3-9-19-37/h1-34H. The Balaban J connectivity index is 1.33. The Morgan fingerprint density at radius 2 is 0.593 bits per heavy atom. The summed E-state index contributed by atoms with van der Waals surface area (Å²) >= 11 is 0. The van der Waals surface area contributed by atoms with E-state index in [1.54, 1.807) is 6.33 Å². The summed E-state index contributed by atoms with van der Waals surface area (Å²) < 4.78 is 0. The molecule has 0 unspecified atom stereocenters. The van der Waals surface area contributed by atoms with Crippen molar-refractivity contribution in [3.63, 3.8) is 0 Å². The Hall–Kier alpha value is -7.30. The SMILES string of the molecule is c1ccc(-c2cccc(-c3nc(-c4cccc(-c5ccccc5)c4)c(-c4cccc(-c5cncnc5)c4)c(-c4cccc(-c5ccccc5)c4)n3)c2)cc1. The van der Waals surface area contributed by atoms with Crippen LogP contribution in [0.4, 0.5) is 0 Å². The molecule has 9 rings (SSSR count). The molecule has 0 N–H and O–H groups in total. The number of hydrogen-bond acceptors (Lipinski definition) is 4. The molecule has 2 heterocycles. The van der Waals surface area contributed by atoms with Crippen molar-refractivity contribution in [2.45, 2.75) is 0 Å². The number of benzene rings is 7. The van der Waals surface area contributed by atoms with Crippen molar-refractivity contribution < 1.29 is 0 Å². The van der Waals surface area contributed by atoms with Gasteiger partial charge in [-0.1, -0.05) is 164 Å². The molecule has 254 valence electrons. The van der Waals surface area contributed by atoms with Gasteiger partial charge in [0.05, 0.1) is 11.4 Å². The monoisotopic (exact) mass is 690 g/mol. The van der Waals surface area contributed by atoms with Crippen LogP contribution in [0.2, 0.25) is 0 Å². The van der Waals surface area contributed by atoms with Gasteiger partial charge >= 0.3 is 0 Å². The van der Waals surface area contributed by atoms with E-state index in [2.05, 4.69) is 180 Å². The van der Waals surface area contributed by atoms with Crippen molar-refractivity contribution in [2.75, 3.05) is 0 Å². The quantitative estimate of drug-likeness (QED) is 0.159. The van der Waals surface area contributed by atoms with Gasteiger partial charge in [-0.05, 0) is 68.8 Å². The molecule has 0 saturated heterocycles. The van der Waals surface area contributed by atoms with Gasteiger partial charge in [-0.15, -0.1) is 0 Å². The van der Waals surface area contributed by atoms with E-state index in [1.807, 2.05) is 30.6 Å². The van der Waals surface area contributed by atoms with Gasteiger partial charge in [0.1, 0.15) is 6.33 Å². The average molecular weight is 691 g/mol. The molecular formula is C50H34N4. The highest BCUT2D eigenvalue weighted by Crippen LogP contribution is 2.42. The lowest BCUT2D eigenvalue weighted by atomic mass is 9.90. The first-order valence-electron chi connectivity index (χ1n) is 18.0. The van der Waals surface area contributed by atoms with E-state index in [0.29, 0.717) is 5.82 Å². The zero-order valence-corrected chi connectivity index (χ0v) is 29.4. The highest BCUT2D eigenvalue weighted by atomic mass is 14.9. The van der Waals surface area contributed by atoms with Crippen LogP contribution in [-0.4, -0.2) is 19.9 Å². The molecule has 0 radical (unpaired) electrons. The lowest BCUT2D eigenvalue weighted by Gasteiger charge is -2.19. The second-order valence-electron chi connectivity index (χ2n) is 13.2.